The Labute approximate surface area is 121 Å². The van der Waals surface area contributed by atoms with E-state index in [1.54, 1.807) is 6.92 Å². The van der Waals surface area contributed by atoms with Crippen LogP contribution in [0.15, 0.2) is 12.1 Å². The van der Waals surface area contributed by atoms with Crippen LogP contribution < -0.4 is 5.32 Å². The van der Waals surface area contributed by atoms with Crippen molar-refractivity contribution in [1.29, 1.82) is 0 Å². The minimum atomic E-state index is -0.434. The summed E-state index contributed by atoms with van der Waals surface area (Å²) in [7, 11) is 0. The molecule has 1 aromatic carbocycles. The van der Waals surface area contributed by atoms with E-state index in [1.165, 1.54) is 12.1 Å². The van der Waals surface area contributed by atoms with Gasteiger partial charge < -0.3 is 5.32 Å². The zero-order valence-electron chi connectivity index (χ0n) is 13.1. The highest BCUT2D eigenvalue weighted by molar-refractivity contribution is 5.29. The number of hydrogen-bond acceptors (Lipinski definition) is 1. The van der Waals surface area contributed by atoms with Crippen LogP contribution in [0.4, 0.5) is 8.78 Å². The second kappa shape index (κ2) is 8.35. The van der Waals surface area contributed by atoms with Crippen molar-refractivity contribution in [3.63, 3.8) is 0 Å². The topological polar surface area (TPSA) is 12.0 Å². The summed E-state index contributed by atoms with van der Waals surface area (Å²) >= 11 is 0. The maximum atomic E-state index is 14.4. The second-order valence-electron chi connectivity index (χ2n) is 5.46. The van der Waals surface area contributed by atoms with Gasteiger partial charge in [-0.2, -0.15) is 0 Å². The van der Waals surface area contributed by atoms with E-state index in [2.05, 4.69) is 19.2 Å². The molecule has 0 aliphatic carbocycles. The number of rotatable bonds is 8. The van der Waals surface area contributed by atoms with Gasteiger partial charge in [-0.15, -0.1) is 0 Å². The highest BCUT2D eigenvalue weighted by Gasteiger charge is 2.27. The lowest BCUT2D eigenvalue weighted by Gasteiger charge is -2.29. The molecule has 0 radical (unpaired) electrons. The minimum Gasteiger partial charge on any atom is -0.310 e. The molecule has 1 atom stereocenters. The molecule has 0 spiro atoms. The average molecular weight is 283 g/mol. The predicted octanol–water partition coefficient (Wildman–Crippen LogP) is 5.14. The monoisotopic (exact) mass is 283 g/mol. The van der Waals surface area contributed by atoms with Crippen molar-refractivity contribution in [3.8, 4) is 0 Å². The van der Waals surface area contributed by atoms with Crippen molar-refractivity contribution in [1.82, 2.24) is 5.32 Å². The molecule has 1 nitrogen and oxygen atoms in total. The van der Waals surface area contributed by atoms with Crippen molar-refractivity contribution in [2.75, 3.05) is 6.54 Å². The Kier molecular flexibility index (Phi) is 7.14. The molecule has 0 aliphatic rings. The number of halogens is 2. The SMILES string of the molecule is CCCC(CCC)C(NCC)c1c(F)ccc(C)c1F. The van der Waals surface area contributed by atoms with E-state index in [0.717, 1.165) is 25.7 Å². The van der Waals surface area contributed by atoms with Crippen LogP contribution in [-0.4, -0.2) is 6.54 Å². The van der Waals surface area contributed by atoms with Crippen molar-refractivity contribution < 1.29 is 8.78 Å². The van der Waals surface area contributed by atoms with E-state index in [4.69, 9.17) is 0 Å². The molecule has 3 heteroatoms. The van der Waals surface area contributed by atoms with E-state index in [-0.39, 0.29) is 17.5 Å². The molecule has 0 heterocycles. The predicted molar refractivity (Wildman–Crippen MR) is 80.8 cm³/mol. The van der Waals surface area contributed by atoms with Crippen LogP contribution in [0.25, 0.3) is 0 Å². The van der Waals surface area contributed by atoms with Crippen LogP contribution in [0.3, 0.4) is 0 Å². The van der Waals surface area contributed by atoms with Gasteiger partial charge >= 0.3 is 0 Å². The summed E-state index contributed by atoms with van der Waals surface area (Å²) < 4.78 is 28.6. The Morgan fingerprint density at radius 3 is 2.15 bits per heavy atom. The summed E-state index contributed by atoms with van der Waals surface area (Å²) in [6.45, 7) is 8.62. The summed E-state index contributed by atoms with van der Waals surface area (Å²) in [5.74, 6) is -0.555. The lowest BCUT2D eigenvalue weighted by atomic mass is 9.85. The summed E-state index contributed by atoms with van der Waals surface area (Å²) in [6, 6.07) is 2.65. The lowest BCUT2D eigenvalue weighted by Crippen LogP contribution is -2.30. The van der Waals surface area contributed by atoms with Gasteiger partial charge in [0, 0.05) is 11.6 Å². The summed E-state index contributed by atoms with van der Waals surface area (Å²) in [6.07, 6.45) is 4.03. The maximum absolute atomic E-state index is 14.4. The Bertz CT molecular complexity index is 412. The zero-order valence-corrected chi connectivity index (χ0v) is 13.1. The summed E-state index contributed by atoms with van der Waals surface area (Å²) in [5.41, 5.74) is 0.731. The molecule has 0 amide bonds. The fraction of sp³-hybridized carbons (Fsp3) is 0.647. The molecule has 0 aromatic heterocycles. The van der Waals surface area contributed by atoms with E-state index in [0.29, 0.717) is 12.1 Å². The quantitative estimate of drug-likeness (QED) is 0.696. The molecule has 0 aliphatic heterocycles. The van der Waals surface area contributed by atoms with Crippen LogP contribution in [0.1, 0.15) is 63.6 Å². The first-order valence-corrected chi connectivity index (χ1v) is 7.74. The minimum absolute atomic E-state index is 0.221. The van der Waals surface area contributed by atoms with E-state index < -0.39 is 11.6 Å². The number of aryl methyl sites for hydroxylation is 1. The molecule has 1 N–H and O–H groups in total. The molecule has 1 unspecified atom stereocenters. The summed E-state index contributed by atoms with van der Waals surface area (Å²) in [4.78, 5) is 0. The molecule has 1 aromatic rings. The van der Waals surface area contributed by atoms with Gasteiger partial charge in [-0.05, 0) is 43.9 Å². The van der Waals surface area contributed by atoms with Crippen LogP contribution in [0.5, 0.6) is 0 Å². The molecular weight excluding hydrogens is 256 g/mol. The molecule has 114 valence electrons. The Balaban J connectivity index is 3.21. The highest BCUT2D eigenvalue weighted by atomic mass is 19.1. The zero-order chi connectivity index (χ0) is 15.1. The van der Waals surface area contributed by atoms with Gasteiger partial charge in [-0.3, -0.25) is 0 Å². The van der Waals surface area contributed by atoms with E-state index in [1.807, 2.05) is 6.92 Å². The van der Waals surface area contributed by atoms with Crippen LogP contribution in [0.2, 0.25) is 0 Å². The smallest absolute Gasteiger partial charge is 0.133 e. The molecule has 0 saturated carbocycles. The largest absolute Gasteiger partial charge is 0.310 e. The van der Waals surface area contributed by atoms with Crippen molar-refractivity contribution >= 4 is 0 Å². The number of benzene rings is 1. The maximum Gasteiger partial charge on any atom is 0.133 e. The fourth-order valence-corrected chi connectivity index (χ4v) is 2.91. The molecule has 0 saturated heterocycles. The second-order valence-corrected chi connectivity index (χ2v) is 5.46. The van der Waals surface area contributed by atoms with Gasteiger partial charge in [0.05, 0.1) is 0 Å². The Morgan fingerprint density at radius 2 is 1.65 bits per heavy atom. The lowest BCUT2D eigenvalue weighted by molar-refractivity contribution is 0.304. The highest BCUT2D eigenvalue weighted by Crippen LogP contribution is 2.33. The van der Waals surface area contributed by atoms with Gasteiger partial charge in [0.1, 0.15) is 11.6 Å². The van der Waals surface area contributed by atoms with E-state index >= 15 is 0 Å². The van der Waals surface area contributed by atoms with Crippen LogP contribution in [0, 0.1) is 24.5 Å². The summed E-state index contributed by atoms with van der Waals surface area (Å²) in [5, 5.41) is 3.30. The molecule has 0 bridgehead atoms. The molecular formula is C17H27F2N. The molecule has 20 heavy (non-hydrogen) atoms. The Hall–Kier alpha value is -0.960. The normalized spacial score (nSPS) is 12.9. The van der Waals surface area contributed by atoms with E-state index in [9.17, 15) is 8.78 Å². The fourth-order valence-electron chi connectivity index (χ4n) is 2.91. The average Bonchev–Trinajstić information content (AvgIpc) is 2.42. The van der Waals surface area contributed by atoms with Gasteiger partial charge in [0.25, 0.3) is 0 Å². The third kappa shape index (κ3) is 4.02. The van der Waals surface area contributed by atoms with Crippen LogP contribution in [-0.2, 0) is 0 Å². The first kappa shape index (κ1) is 17.1. The van der Waals surface area contributed by atoms with Gasteiger partial charge in [0.2, 0.25) is 0 Å². The molecule has 1 rings (SSSR count). The Morgan fingerprint density at radius 1 is 1.05 bits per heavy atom. The first-order chi connectivity index (χ1) is 9.56. The first-order valence-electron chi connectivity index (χ1n) is 7.74. The van der Waals surface area contributed by atoms with Crippen molar-refractivity contribution in [3.05, 3.63) is 34.9 Å². The van der Waals surface area contributed by atoms with Crippen molar-refractivity contribution in [2.45, 2.75) is 59.4 Å². The standard InChI is InChI=1S/C17H27F2N/c1-5-8-13(9-6-2)17(20-7-3)15-14(18)11-10-12(4)16(15)19/h10-11,13,17,20H,5-9H2,1-4H3. The van der Waals surface area contributed by atoms with Gasteiger partial charge in [-0.25, -0.2) is 8.78 Å². The van der Waals surface area contributed by atoms with Gasteiger partial charge in [-0.1, -0.05) is 39.7 Å². The number of nitrogens with one attached hydrogen (secondary N) is 1. The van der Waals surface area contributed by atoms with Crippen molar-refractivity contribution in [2.24, 2.45) is 5.92 Å². The number of hydrogen-bond donors (Lipinski definition) is 1. The molecule has 0 fully saturated rings. The van der Waals surface area contributed by atoms with Gasteiger partial charge in [0.15, 0.2) is 0 Å². The third-order valence-electron chi connectivity index (χ3n) is 3.85. The van der Waals surface area contributed by atoms with Crippen LogP contribution >= 0.6 is 0 Å². The third-order valence-corrected chi connectivity index (χ3v) is 3.85.